The quantitative estimate of drug-likeness (QED) is 0.575. The molecule has 0 unspecified atom stereocenters. The second-order valence-corrected chi connectivity index (χ2v) is 4.18. The van der Waals surface area contributed by atoms with Crippen LogP contribution in [0.1, 0.15) is 13.3 Å². The van der Waals surface area contributed by atoms with Crippen LogP contribution in [0.15, 0.2) is 23.1 Å². The van der Waals surface area contributed by atoms with Crippen molar-refractivity contribution in [3.8, 4) is 0 Å². The fourth-order valence-corrected chi connectivity index (χ4v) is 2.07. The van der Waals surface area contributed by atoms with Gasteiger partial charge in [0.05, 0.1) is 5.75 Å². The van der Waals surface area contributed by atoms with E-state index in [2.05, 4.69) is 0 Å². The molecule has 0 saturated heterocycles. The molecule has 0 amide bonds. The van der Waals surface area contributed by atoms with E-state index in [1.54, 1.807) is 6.08 Å². The van der Waals surface area contributed by atoms with Crippen LogP contribution in [0.2, 0.25) is 0 Å². The summed E-state index contributed by atoms with van der Waals surface area (Å²) in [5.41, 5.74) is 0.919. The molecule has 0 saturated carbocycles. The first-order chi connectivity index (χ1) is 4.64. The molecule has 3 heteroatoms. The normalized spacial score (nSPS) is 25.9. The summed E-state index contributed by atoms with van der Waals surface area (Å²) in [4.78, 5) is 0. The Morgan fingerprint density at radius 1 is 1.70 bits per heavy atom. The maximum atomic E-state index is 10.8. The lowest BCUT2D eigenvalue weighted by molar-refractivity contribution is 0.608. The Hall–Kier alpha value is -0.570. The van der Waals surface area contributed by atoms with Gasteiger partial charge in [-0.05, 0) is 18.1 Å². The molecular weight excluding hydrogens is 148 g/mol. The second-order valence-electron chi connectivity index (χ2n) is 2.30. The monoisotopic (exact) mass is 158 g/mol. The number of hydrogen-bond acceptors (Lipinski definition) is 2. The average molecular weight is 158 g/mol. The minimum absolute atomic E-state index is 0.195. The molecule has 0 atom stereocenters. The highest BCUT2D eigenvalue weighted by atomic mass is 32.2. The summed E-state index contributed by atoms with van der Waals surface area (Å²) in [6, 6.07) is 0. The van der Waals surface area contributed by atoms with Gasteiger partial charge in [0, 0.05) is 5.41 Å². The molecule has 1 rings (SSSR count). The van der Waals surface area contributed by atoms with Crippen molar-refractivity contribution in [3.05, 3.63) is 23.1 Å². The van der Waals surface area contributed by atoms with Gasteiger partial charge in [-0.15, -0.1) is 0 Å². The molecule has 10 heavy (non-hydrogen) atoms. The third kappa shape index (κ3) is 1.70. The van der Waals surface area contributed by atoms with Crippen LogP contribution in [-0.2, 0) is 9.84 Å². The lowest BCUT2D eigenvalue weighted by atomic mass is 10.2. The van der Waals surface area contributed by atoms with Crippen molar-refractivity contribution in [2.24, 2.45) is 0 Å². The largest absolute Gasteiger partial charge is 0.224 e. The summed E-state index contributed by atoms with van der Waals surface area (Å²) in [7, 11) is -2.87. The molecular formula is C7H10O2S. The zero-order chi connectivity index (χ0) is 7.61. The van der Waals surface area contributed by atoms with Crippen molar-refractivity contribution in [2.75, 3.05) is 5.75 Å². The summed E-state index contributed by atoms with van der Waals surface area (Å²) in [5, 5.41) is 1.27. The number of sulfone groups is 1. The van der Waals surface area contributed by atoms with Gasteiger partial charge in [0.2, 0.25) is 0 Å². The fourth-order valence-electron chi connectivity index (χ4n) is 0.909. The molecule has 0 bridgehead atoms. The van der Waals surface area contributed by atoms with Gasteiger partial charge < -0.3 is 0 Å². The third-order valence-electron chi connectivity index (χ3n) is 1.32. The maximum Gasteiger partial charge on any atom is 0.175 e. The maximum absolute atomic E-state index is 10.8. The Morgan fingerprint density at radius 2 is 2.40 bits per heavy atom. The van der Waals surface area contributed by atoms with Crippen molar-refractivity contribution in [1.82, 2.24) is 0 Å². The summed E-state index contributed by atoms with van der Waals surface area (Å²) < 4.78 is 21.6. The average Bonchev–Trinajstić information content (AvgIpc) is 2.12. The topological polar surface area (TPSA) is 34.1 Å². The first kappa shape index (κ1) is 7.54. The van der Waals surface area contributed by atoms with Crippen LogP contribution in [0, 0.1) is 0 Å². The Kier molecular flexibility index (Phi) is 1.94. The van der Waals surface area contributed by atoms with E-state index in [4.69, 9.17) is 0 Å². The van der Waals surface area contributed by atoms with Gasteiger partial charge in [-0.3, -0.25) is 0 Å². The molecule has 0 fully saturated rings. The Balaban J connectivity index is 2.81. The summed E-state index contributed by atoms with van der Waals surface area (Å²) in [6.07, 6.45) is 4.50. The molecule has 1 aliphatic rings. The predicted octanol–water partition coefficient (Wildman–Crippen LogP) is 1.26. The van der Waals surface area contributed by atoms with Crippen LogP contribution >= 0.6 is 0 Å². The standard InChI is InChI=1S/C7H10O2S/c1-2-3-7-4-5-10(8,9)6-7/h3-5H,2,6H2,1H3. The van der Waals surface area contributed by atoms with Gasteiger partial charge in [-0.2, -0.15) is 0 Å². The molecule has 56 valence electrons. The highest BCUT2D eigenvalue weighted by Gasteiger charge is 2.14. The number of hydrogen-bond donors (Lipinski definition) is 0. The van der Waals surface area contributed by atoms with Crippen molar-refractivity contribution in [3.63, 3.8) is 0 Å². The zero-order valence-corrected chi connectivity index (χ0v) is 6.69. The van der Waals surface area contributed by atoms with E-state index in [-0.39, 0.29) is 5.75 Å². The van der Waals surface area contributed by atoms with Gasteiger partial charge in [0.15, 0.2) is 9.84 Å². The van der Waals surface area contributed by atoms with Crippen LogP contribution in [0.25, 0.3) is 0 Å². The van der Waals surface area contributed by atoms with E-state index in [9.17, 15) is 8.42 Å². The van der Waals surface area contributed by atoms with E-state index in [0.717, 1.165) is 12.0 Å². The van der Waals surface area contributed by atoms with E-state index in [1.807, 2.05) is 13.0 Å². The molecule has 0 spiro atoms. The molecule has 0 aromatic carbocycles. The Morgan fingerprint density at radius 3 is 2.80 bits per heavy atom. The number of rotatable bonds is 1. The number of allylic oxidation sites excluding steroid dienone is 2. The van der Waals surface area contributed by atoms with Gasteiger partial charge in [0.25, 0.3) is 0 Å². The van der Waals surface area contributed by atoms with Crippen molar-refractivity contribution < 1.29 is 8.42 Å². The fraction of sp³-hybridized carbons (Fsp3) is 0.429. The molecule has 0 aromatic rings. The van der Waals surface area contributed by atoms with Crippen molar-refractivity contribution in [1.29, 1.82) is 0 Å². The van der Waals surface area contributed by atoms with Crippen LogP contribution in [-0.4, -0.2) is 14.2 Å². The molecule has 2 nitrogen and oxygen atoms in total. The van der Waals surface area contributed by atoms with E-state index in [0.29, 0.717) is 0 Å². The second kappa shape index (κ2) is 2.58. The molecule has 0 radical (unpaired) electrons. The van der Waals surface area contributed by atoms with Crippen LogP contribution < -0.4 is 0 Å². The summed E-state index contributed by atoms with van der Waals surface area (Å²) in [5.74, 6) is 0.195. The predicted molar refractivity (Wildman–Crippen MR) is 41.3 cm³/mol. The lowest BCUT2D eigenvalue weighted by Crippen LogP contribution is -1.95. The third-order valence-corrected chi connectivity index (χ3v) is 2.61. The summed E-state index contributed by atoms with van der Waals surface area (Å²) in [6.45, 7) is 1.99. The van der Waals surface area contributed by atoms with Crippen molar-refractivity contribution >= 4 is 9.84 Å². The zero-order valence-electron chi connectivity index (χ0n) is 5.87. The molecule has 1 aliphatic heterocycles. The van der Waals surface area contributed by atoms with Gasteiger partial charge in [-0.25, -0.2) is 8.42 Å². The molecule has 0 N–H and O–H groups in total. The van der Waals surface area contributed by atoms with Crippen molar-refractivity contribution in [2.45, 2.75) is 13.3 Å². The van der Waals surface area contributed by atoms with Crippen LogP contribution in [0.4, 0.5) is 0 Å². The van der Waals surface area contributed by atoms with Gasteiger partial charge >= 0.3 is 0 Å². The lowest BCUT2D eigenvalue weighted by Gasteiger charge is -1.88. The van der Waals surface area contributed by atoms with Crippen LogP contribution in [0.3, 0.4) is 0 Å². The Labute approximate surface area is 61.2 Å². The summed E-state index contributed by atoms with van der Waals surface area (Å²) >= 11 is 0. The molecule has 1 heterocycles. The van der Waals surface area contributed by atoms with E-state index in [1.165, 1.54) is 5.41 Å². The van der Waals surface area contributed by atoms with Gasteiger partial charge in [-0.1, -0.05) is 13.0 Å². The van der Waals surface area contributed by atoms with E-state index >= 15 is 0 Å². The molecule has 0 aromatic heterocycles. The highest BCUT2D eigenvalue weighted by Crippen LogP contribution is 2.13. The van der Waals surface area contributed by atoms with Crippen LogP contribution in [0.5, 0.6) is 0 Å². The van der Waals surface area contributed by atoms with Gasteiger partial charge in [0.1, 0.15) is 0 Å². The first-order valence-corrected chi connectivity index (χ1v) is 4.95. The minimum atomic E-state index is -2.87. The first-order valence-electron chi connectivity index (χ1n) is 3.24. The van der Waals surface area contributed by atoms with E-state index < -0.39 is 9.84 Å². The highest BCUT2D eigenvalue weighted by molar-refractivity contribution is 7.94. The smallest absolute Gasteiger partial charge is 0.175 e. The minimum Gasteiger partial charge on any atom is -0.224 e. The molecule has 0 aliphatic carbocycles. The SMILES string of the molecule is CCC=C1C=CS(=O)(=O)C1. The Bertz CT molecular complexity index is 270.